The van der Waals surface area contributed by atoms with E-state index in [0.717, 1.165) is 37.6 Å². The highest BCUT2D eigenvalue weighted by atomic mass is 32.1. The first-order valence-electron chi connectivity index (χ1n) is 10.9. The summed E-state index contributed by atoms with van der Waals surface area (Å²) in [7, 11) is 0. The fourth-order valence-corrected chi connectivity index (χ4v) is 4.18. The van der Waals surface area contributed by atoms with Gasteiger partial charge in [0.25, 0.3) is 0 Å². The monoisotopic (exact) mass is 408 g/mol. The van der Waals surface area contributed by atoms with Gasteiger partial charge in [-0.2, -0.15) is 0 Å². The third-order valence-corrected chi connectivity index (χ3v) is 6.10. The Morgan fingerprint density at radius 1 is 0.552 bits per heavy atom. The highest BCUT2D eigenvalue weighted by Crippen LogP contribution is 2.35. The smallest absolute Gasteiger partial charge is 0.119 e. The second-order valence-electron chi connectivity index (χ2n) is 7.32. The summed E-state index contributed by atoms with van der Waals surface area (Å²) in [5.74, 6) is 1.91. The first kappa shape index (κ1) is 21.4. The van der Waals surface area contributed by atoms with E-state index in [4.69, 9.17) is 9.47 Å². The lowest BCUT2D eigenvalue weighted by atomic mass is 10.1. The number of hydrogen-bond acceptors (Lipinski definition) is 3. The number of hydrogen-bond donors (Lipinski definition) is 0. The lowest BCUT2D eigenvalue weighted by Crippen LogP contribution is -1.96. The molecule has 0 aliphatic heterocycles. The number of rotatable bonds is 12. The van der Waals surface area contributed by atoms with Crippen LogP contribution in [0.15, 0.2) is 60.7 Å². The van der Waals surface area contributed by atoms with Crippen LogP contribution in [-0.4, -0.2) is 13.2 Å². The van der Waals surface area contributed by atoms with Crippen LogP contribution in [-0.2, 0) is 0 Å². The molecule has 29 heavy (non-hydrogen) atoms. The number of benzene rings is 2. The van der Waals surface area contributed by atoms with E-state index in [2.05, 4.69) is 74.5 Å². The molecule has 0 fully saturated rings. The zero-order valence-corrected chi connectivity index (χ0v) is 18.5. The summed E-state index contributed by atoms with van der Waals surface area (Å²) in [6, 6.07) is 21.3. The number of ether oxygens (including phenoxy) is 2. The molecule has 0 saturated heterocycles. The van der Waals surface area contributed by atoms with Crippen LogP contribution in [0.5, 0.6) is 11.5 Å². The quantitative estimate of drug-likeness (QED) is 0.281. The Bertz CT molecular complexity index is 764. The van der Waals surface area contributed by atoms with Gasteiger partial charge in [0.1, 0.15) is 11.5 Å². The Balaban J connectivity index is 1.57. The Morgan fingerprint density at radius 2 is 0.966 bits per heavy atom. The Hall–Kier alpha value is -2.26. The SMILES string of the molecule is CCCCCOc1ccc(-c2ccc(-c3ccc(OCCCCC)cc3)s2)cc1. The lowest BCUT2D eigenvalue weighted by Gasteiger charge is -2.06. The molecule has 0 atom stereocenters. The molecular weight excluding hydrogens is 376 g/mol. The van der Waals surface area contributed by atoms with E-state index in [1.54, 1.807) is 0 Å². The van der Waals surface area contributed by atoms with Gasteiger partial charge < -0.3 is 9.47 Å². The minimum Gasteiger partial charge on any atom is -0.494 e. The molecule has 0 radical (unpaired) electrons. The van der Waals surface area contributed by atoms with E-state index >= 15 is 0 Å². The molecule has 0 aliphatic carbocycles. The molecule has 3 aromatic rings. The Kier molecular flexibility index (Phi) is 8.63. The maximum Gasteiger partial charge on any atom is 0.119 e. The van der Waals surface area contributed by atoms with Crippen molar-refractivity contribution >= 4 is 11.3 Å². The maximum atomic E-state index is 5.82. The van der Waals surface area contributed by atoms with Gasteiger partial charge in [-0.15, -0.1) is 11.3 Å². The predicted octanol–water partition coefficient (Wildman–Crippen LogP) is 8.22. The molecule has 2 aromatic carbocycles. The normalized spacial score (nSPS) is 10.8. The molecule has 0 amide bonds. The second kappa shape index (κ2) is 11.7. The average Bonchev–Trinajstić information content (AvgIpc) is 3.25. The van der Waals surface area contributed by atoms with Crippen LogP contribution in [0, 0.1) is 0 Å². The van der Waals surface area contributed by atoms with E-state index in [-0.39, 0.29) is 0 Å². The third kappa shape index (κ3) is 6.64. The Morgan fingerprint density at radius 3 is 1.34 bits per heavy atom. The second-order valence-corrected chi connectivity index (χ2v) is 8.41. The lowest BCUT2D eigenvalue weighted by molar-refractivity contribution is 0.306. The fourth-order valence-electron chi connectivity index (χ4n) is 3.16. The van der Waals surface area contributed by atoms with Crippen molar-refractivity contribution in [2.24, 2.45) is 0 Å². The van der Waals surface area contributed by atoms with Crippen molar-refractivity contribution in [3.05, 3.63) is 60.7 Å². The van der Waals surface area contributed by atoms with Gasteiger partial charge in [0.05, 0.1) is 13.2 Å². The van der Waals surface area contributed by atoms with Crippen molar-refractivity contribution in [3.8, 4) is 32.4 Å². The molecule has 2 nitrogen and oxygen atoms in total. The molecule has 0 unspecified atom stereocenters. The zero-order valence-electron chi connectivity index (χ0n) is 17.7. The molecular formula is C26H32O2S. The van der Waals surface area contributed by atoms with Gasteiger partial charge in [0.15, 0.2) is 0 Å². The van der Waals surface area contributed by atoms with Crippen molar-refractivity contribution in [2.45, 2.75) is 52.4 Å². The molecule has 3 rings (SSSR count). The number of thiophene rings is 1. The largest absolute Gasteiger partial charge is 0.494 e. The highest BCUT2D eigenvalue weighted by Gasteiger charge is 2.06. The van der Waals surface area contributed by atoms with Crippen molar-refractivity contribution in [3.63, 3.8) is 0 Å². The summed E-state index contributed by atoms with van der Waals surface area (Å²) >= 11 is 1.82. The summed E-state index contributed by atoms with van der Waals surface area (Å²) < 4.78 is 11.6. The van der Waals surface area contributed by atoms with E-state index in [0.29, 0.717) is 0 Å². The Labute approximate surface area is 179 Å². The molecule has 0 aliphatic rings. The summed E-state index contributed by atoms with van der Waals surface area (Å²) in [4.78, 5) is 2.55. The maximum absolute atomic E-state index is 5.82. The van der Waals surface area contributed by atoms with Gasteiger partial charge in [0.2, 0.25) is 0 Å². The fraction of sp³-hybridized carbons (Fsp3) is 0.385. The zero-order chi connectivity index (χ0) is 20.3. The van der Waals surface area contributed by atoms with Gasteiger partial charge in [-0.3, -0.25) is 0 Å². The molecule has 0 saturated carbocycles. The summed E-state index contributed by atoms with van der Waals surface area (Å²) in [5.41, 5.74) is 2.47. The summed E-state index contributed by atoms with van der Waals surface area (Å²) in [6.07, 6.45) is 7.13. The highest BCUT2D eigenvalue weighted by molar-refractivity contribution is 7.18. The number of unbranched alkanes of at least 4 members (excludes halogenated alkanes) is 4. The summed E-state index contributed by atoms with van der Waals surface area (Å²) in [6.45, 7) is 6.02. The molecule has 1 aromatic heterocycles. The summed E-state index contributed by atoms with van der Waals surface area (Å²) in [5, 5.41) is 0. The van der Waals surface area contributed by atoms with Crippen LogP contribution in [0.25, 0.3) is 20.9 Å². The first-order valence-corrected chi connectivity index (χ1v) is 11.7. The first-order chi connectivity index (χ1) is 14.3. The van der Waals surface area contributed by atoms with Gasteiger partial charge in [-0.1, -0.05) is 39.5 Å². The minimum absolute atomic E-state index is 0.800. The van der Waals surface area contributed by atoms with Crippen LogP contribution in [0.2, 0.25) is 0 Å². The van der Waals surface area contributed by atoms with Crippen molar-refractivity contribution < 1.29 is 9.47 Å². The average molecular weight is 409 g/mol. The van der Waals surface area contributed by atoms with Crippen LogP contribution in [0.4, 0.5) is 0 Å². The molecule has 0 bridgehead atoms. The van der Waals surface area contributed by atoms with Crippen LogP contribution in [0.3, 0.4) is 0 Å². The van der Waals surface area contributed by atoms with Crippen molar-refractivity contribution in [1.82, 2.24) is 0 Å². The van der Waals surface area contributed by atoms with E-state index in [1.165, 1.54) is 46.6 Å². The van der Waals surface area contributed by atoms with Gasteiger partial charge in [0, 0.05) is 9.75 Å². The molecule has 3 heteroatoms. The van der Waals surface area contributed by atoms with Crippen molar-refractivity contribution in [2.75, 3.05) is 13.2 Å². The van der Waals surface area contributed by atoms with E-state index in [9.17, 15) is 0 Å². The van der Waals surface area contributed by atoms with Crippen LogP contribution >= 0.6 is 11.3 Å². The molecule has 1 heterocycles. The molecule has 0 N–H and O–H groups in total. The topological polar surface area (TPSA) is 18.5 Å². The standard InChI is InChI=1S/C26H32O2S/c1-3-5-7-19-27-23-13-9-21(10-14-23)25-17-18-26(29-25)22-11-15-24(16-12-22)28-20-8-6-4-2/h9-18H,3-8,19-20H2,1-2H3. The van der Waals surface area contributed by atoms with E-state index < -0.39 is 0 Å². The van der Waals surface area contributed by atoms with Gasteiger partial charge in [-0.25, -0.2) is 0 Å². The minimum atomic E-state index is 0.800. The van der Waals surface area contributed by atoms with Crippen LogP contribution < -0.4 is 9.47 Å². The van der Waals surface area contributed by atoms with Crippen molar-refractivity contribution in [1.29, 1.82) is 0 Å². The van der Waals surface area contributed by atoms with Crippen LogP contribution in [0.1, 0.15) is 52.4 Å². The predicted molar refractivity (Wildman–Crippen MR) is 125 cm³/mol. The van der Waals surface area contributed by atoms with Gasteiger partial charge in [-0.05, 0) is 84.6 Å². The van der Waals surface area contributed by atoms with E-state index in [1.807, 2.05) is 11.3 Å². The third-order valence-electron chi connectivity index (χ3n) is 4.92. The molecule has 0 spiro atoms. The van der Waals surface area contributed by atoms with Gasteiger partial charge >= 0.3 is 0 Å². The molecule has 154 valence electrons.